The first-order valence-corrected chi connectivity index (χ1v) is 9.07. The van der Waals surface area contributed by atoms with Gasteiger partial charge >= 0.3 is 5.97 Å². The van der Waals surface area contributed by atoms with Crippen LogP contribution in [0.2, 0.25) is 0 Å². The Morgan fingerprint density at radius 3 is 2.30 bits per heavy atom. The highest BCUT2D eigenvalue weighted by molar-refractivity contribution is 9.10. The first kappa shape index (κ1) is 17.5. The normalized spacial score (nSPS) is 12.7. The number of hydrogen-bond donors (Lipinski definition) is 1. The van der Waals surface area contributed by atoms with E-state index in [1.54, 1.807) is 36.4 Å². The maximum Gasteiger partial charge on any atom is 0.327 e. The van der Waals surface area contributed by atoms with Crippen molar-refractivity contribution in [2.75, 3.05) is 4.31 Å². The van der Waals surface area contributed by atoms with Gasteiger partial charge in [0.25, 0.3) is 10.0 Å². The van der Waals surface area contributed by atoms with Crippen LogP contribution in [-0.2, 0) is 14.8 Å². The minimum atomic E-state index is -3.99. The molecule has 0 saturated carbocycles. The second-order valence-corrected chi connectivity index (χ2v) is 7.73. The average molecular weight is 398 g/mol. The molecule has 0 amide bonds. The van der Waals surface area contributed by atoms with Gasteiger partial charge in [-0.3, -0.25) is 4.31 Å². The molecule has 0 aromatic heterocycles. The minimum absolute atomic E-state index is 0.0497. The van der Waals surface area contributed by atoms with Gasteiger partial charge in [0, 0.05) is 4.47 Å². The van der Waals surface area contributed by atoms with Crippen LogP contribution < -0.4 is 4.31 Å². The van der Waals surface area contributed by atoms with Crippen LogP contribution >= 0.6 is 15.9 Å². The smallest absolute Gasteiger partial charge is 0.327 e. The van der Waals surface area contributed by atoms with Crippen LogP contribution in [0.3, 0.4) is 0 Å². The van der Waals surface area contributed by atoms with Crippen molar-refractivity contribution in [3.05, 3.63) is 58.6 Å². The Balaban J connectivity index is 2.63. The zero-order valence-corrected chi connectivity index (χ0v) is 15.0. The molecule has 0 fully saturated rings. The molecular weight excluding hydrogens is 382 g/mol. The Kier molecular flexibility index (Phi) is 5.11. The van der Waals surface area contributed by atoms with Gasteiger partial charge < -0.3 is 5.11 Å². The van der Waals surface area contributed by atoms with E-state index in [1.807, 2.05) is 6.92 Å². The number of halogens is 1. The lowest BCUT2D eigenvalue weighted by atomic mass is 10.2. The van der Waals surface area contributed by atoms with Crippen molar-refractivity contribution >= 4 is 37.6 Å². The number of anilines is 1. The van der Waals surface area contributed by atoms with Gasteiger partial charge in [-0.25, -0.2) is 13.2 Å². The van der Waals surface area contributed by atoms with Crippen LogP contribution in [0.25, 0.3) is 0 Å². The highest BCUT2D eigenvalue weighted by atomic mass is 79.9. The monoisotopic (exact) mass is 397 g/mol. The number of sulfonamides is 1. The third kappa shape index (κ3) is 3.56. The van der Waals surface area contributed by atoms with E-state index >= 15 is 0 Å². The third-order valence-electron chi connectivity index (χ3n) is 3.41. The Hall–Kier alpha value is -1.86. The van der Waals surface area contributed by atoms with E-state index < -0.39 is 22.0 Å². The molecule has 2 aromatic carbocycles. The second kappa shape index (κ2) is 6.72. The lowest BCUT2D eigenvalue weighted by molar-refractivity contribution is -0.137. The summed E-state index contributed by atoms with van der Waals surface area (Å²) < 4.78 is 27.6. The number of nitrogens with zero attached hydrogens (tertiary/aromatic N) is 1. The number of benzene rings is 2. The van der Waals surface area contributed by atoms with E-state index in [4.69, 9.17) is 0 Å². The molecule has 2 rings (SSSR count). The first-order chi connectivity index (χ1) is 10.7. The van der Waals surface area contributed by atoms with Gasteiger partial charge in [-0.15, -0.1) is 0 Å². The Morgan fingerprint density at radius 2 is 1.78 bits per heavy atom. The zero-order chi connectivity index (χ0) is 17.2. The summed E-state index contributed by atoms with van der Waals surface area (Å²) in [6.45, 7) is 3.16. The number of aliphatic carboxylic acids is 1. The zero-order valence-electron chi connectivity index (χ0n) is 12.6. The van der Waals surface area contributed by atoms with Crippen LogP contribution in [0.15, 0.2) is 57.9 Å². The third-order valence-corrected chi connectivity index (χ3v) is 6.21. The molecule has 5 nitrogen and oxygen atoms in total. The van der Waals surface area contributed by atoms with Crippen molar-refractivity contribution < 1.29 is 18.3 Å². The Morgan fingerprint density at radius 1 is 1.17 bits per heavy atom. The van der Waals surface area contributed by atoms with E-state index in [-0.39, 0.29) is 4.90 Å². The van der Waals surface area contributed by atoms with E-state index in [2.05, 4.69) is 15.9 Å². The largest absolute Gasteiger partial charge is 0.480 e. The van der Waals surface area contributed by atoms with Gasteiger partial charge in [-0.05, 0) is 49.7 Å². The molecule has 0 heterocycles. The molecule has 0 saturated heterocycles. The van der Waals surface area contributed by atoms with Crippen LogP contribution in [0.4, 0.5) is 5.69 Å². The molecule has 7 heteroatoms. The molecule has 1 N–H and O–H groups in total. The SMILES string of the molecule is Cc1cc(N(C(C)C(=O)O)S(=O)(=O)c2ccccc2)ccc1Br. The molecule has 0 aliphatic carbocycles. The molecule has 1 unspecified atom stereocenters. The Bertz CT molecular complexity index is 821. The number of carbonyl (C=O) groups is 1. The molecular formula is C16H16BrNO4S. The van der Waals surface area contributed by atoms with Gasteiger partial charge in [0.15, 0.2) is 0 Å². The van der Waals surface area contributed by atoms with E-state index in [0.717, 1.165) is 14.3 Å². The predicted octanol–water partition coefficient (Wildman–Crippen LogP) is 3.43. The van der Waals surface area contributed by atoms with Crippen molar-refractivity contribution in [1.82, 2.24) is 0 Å². The van der Waals surface area contributed by atoms with Crippen molar-refractivity contribution in [1.29, 1.82) is 0 Å². The average Bonchev–Trinajstić information content (AvgIpc) is 2.51. The molecule has 2 aromatic rings. The molecule has 0 aliphatic heterocycles. The van der Waals surface area contributed by atoms with E-state index in [1.165, 1.54) is 19.1 Å². The molecule has 23 heavy (non-hydrogen) atoms. The van der Waals surface area contributed by atoms with Gasteiger partial charge in [-0.2, -0.15) is 0 Å². The van der Waals surface area contributed by atoms with Crippen LogP contribution in [0.1, 0.15) is 12.5 Å². The summed E-state index contributed by atoms with van der Waals surface area (Å²) in [5.74, 6) is -1.22. The van der Waals surface area contributed by atoms with Crippen LogP contribution in [0.5, 0.6) is 0 Å². The quantitative estimate of drug-likeness (QED) is 0.838. The Labute approximate surface area is 143 Å². The highest BCUT2D eigenvalue weighted by Crippen LogP contribution is 2.29. The van der Waals surface area contributed by atoms with E-state index in [9.17, 15) is 18.3 Å². The number of carboxylic acids is 1. The minimum Gasteiger partial charge on any atom is -0.480 e. The summed E-state index contributed by atoms with van der Waals surface area (Å²) in [5.41, 5.74) is 1.12. The van der Waals surface area contributed by atoms with Crippen LogP contribution in [0, 0.1) is 6.92 Å². The summed E-state index contributed by atoms with van der Waals surface area (Å²) in [6.07, 6.45) is 0. The van der Waals surface area contributed by atoms with Crippen LogP contribution in [-0.4, -0.2) is 25.5 Å². The number of aryl methyl sites for hydroxylation is 1. The topological polar surface area (TPSA) is 74.7 Å². The molecule has 0 bridgehead atoms. The fraction of sp³-hybridized carbons (Fsp3) is 0.188. The molecule has 1 atom stereocenters. The van der Waals surface area contributed by atoms with Crippen molar-refractivity contribution in [3.63, 3.8) is 0 Å². The van der Waals surface area contributed by atoms with Gasteiger partial charge in [0.05, 0.1) is 10.6 Å². The van der Waals surface area contributed by atoms with Gasteiger partial charge in [0.2, 0.25) is 0 Å². The summed E-state index contributed by atoms with van der Waals surface area (Å²) in [6, 6.07) is 11.5. The van der Waals surface area contributed by atoms with Crippen molar-refractivity contribution in [3.8, 4) is 0 Å². The molecule has 122 valence electrons. The fourth-order valence-electron chi connectivity index (χ4n) is 2.14. The van der Waals surface area contributed by atoms with Gasteiger partial charge in [0.1, 0.15) is 6.04 Å². The highest BCUT2D eigenvalue weighted by Gasteiger charge is 2.33. The number of carboxylic acid groups (broad SMARTS) is 1. The summed E-state index contributed by atoms with van der Waals surface area (Å²) >= 11 is 3.36. The number of rotatable bonds is 5. The molecule has 0 aliphatic rings. The first-order valence-electron chi connectivity index (χ1n) is 6.83. The maximum absolute atomic E-state index is 12.9. The maximum atomic E-state index is 12.9. The van der Waals surface area contributed by atoms with Crippen molar-refractivity contribution in [2.24, 2.45) is 0 Å². The van der Waals surface area contributed by atoms with E-state index in [0.29, 0.717) is 5.69 Å². The standard InChI is InChI=1S/C16H16BrNO4S/c1-11-10-13(8-9-15(11)17)18(12(2)16(19)20)23(21,22)14-6-4-3-5-7-14/h3-10,12H,1-2H3,(H,19,20). The lowest BCUT2D eigenvalue weighted by Crippen LogP contribution is -2.43. The molecule has 0 spiro atoms. The predicted molar refractivity (Wildman–Crippen MR) is 92.1 cm³/mol. The summed E-state index contributed by atoms with van der Waals surface area (Å²) in [7, 11) is -3.99. The fourth-order valence-corrected chi connectivity index (χ4v) is 4.02. The molecule has 0 radical (unpaired) electrons. The van der Waals surface area contributed by atoms with Gasteiger partial charge in [-0.1, -0.05) is 34.1 Å². The summed E-state index contributed by atoms with van der Waals surface area (Å²) in [5, 5.41) is 9.33. The van der Waals surface area contributed by atoms with Crippen molar-refractivity contribution in [2.45, 2.75) is 24.8 Å². The lowest BCUT2D eigenvalue weighted by Gasteiger charge is -2.28. The summed E-state index contributed by atoms with van der Waals surface area (Å²) in [4.78, 5) is 11.5. The second-order valence-electron chi connectivity index (χ2n) is 5.06. The number of hydrogen-bond acceptors (Lipinski definition) is 3.